The Bertz CT molecular complexity index is 420. The lowest BCUT2D eigenvalue weighted by atomic mass is 10.1. The summed E-state index contributed by atoms with van der Waals surface area (Å²) < 4.78 is 12.6. The topological polar surface area (TPSA) is 78.4 Å². The molecule has 1 aromatic carbocycles. The highest BCUT2D eigenvalue weighted by molar-refractivity contribution is 5.78. The molecule has 0 atom stereocenters. The predicted molar refractivity (Wildman–Crippen MR) is 68.2 cm³/mol. The van der Waals surface area contributed by atoms with E-state index < -0.39 is 5.97 Å². The van der Waals surface area contributed by atoms with Crippen LogP contribution in [0.25, 0.3) is 0 Å². The minimum absolute atomic E-state index is 0.0111. The second kappa shape index (κ2) is 8.20. The lowest BCUT2D eigenvalue weighted by molar-refractivity contribution is -0.137. The fraction of sp³-hybridized carbons (Fsp3) is 0.385. The van der Waals surface area contributed by atoms with Crippen molar-refractivity contribution in [1.82, 2.24) is 10.6 Å². The highest BCUT2D eigenvalue weighted by Gasteiger charge is 2.01. The van der Waals surface area contributed by atoms with Crippen molar-refractivity contribution in [3.8, 4) is 0 Å². The SMILES string of the molecule is O=C(O)CCNCC(=O)NCCc1ccc(F)cc1. The molecule has 0 radical (unpaired) electrons. The van der Waals surface area contributed by atoms with Crippen LogP contribution in [0.1, 0.15) is 12.0 Å². The quantitative estimate of drug-likeness (QED) is 0.602. The number of benzene rings is 1. The summed E-state index contributed by atoms with van der Waals surface area (Å²) in [6.07, 6.45) is 0.615. The van der Waals surface area contributed by atoms with Gasteiger partial charge in [0.15, 0.2) is 0 Å². The van der Waals surface area contributed by atoms with Crippen LogP contribution in [0.5, 0.6) is 0 Å². The van der Waals surface area contributed by atoms with Crippen molar-refractivity contribution >= 4 is 11.9 Å². The van der Waals surface area contributed by atoms with Crippen LogP contribution in [0.2, 0.25) is 0 Å². The van der Waals surface area contributed by atoms with Crippen LogP contribution in [0, 0.1) is 5.82 Å². The van der Waals surface area contributed by atoms with Crippen LogP contribution in [0.4, 0.5) is 4.39 Å². The molecule has 1 amide bonds. The zero-order valence-electron chi connectivity index (χ0n) is 10.5. The smallest absolute Gasteiger partial charge is 0.304 e. The number of nitrogens with one attached hydrogen (secondary N) is 2. The Morgan fingerprint density at radius 2 is 1.84 bits per heavy atom. The summed E-state index contributed by atoms with van der Waals surface area (Å²) in [5, 5.41) is 13.8. The summed E-state index contributed by atoms with van der Waals surface area (Å²) in [5.74, 6) is -1.37. The van der Waals surface area contributed by atoms with Gasteiger partial charge in [-0.1, -0.05) is 12.1 Å². The molecule has 0 unspecified atom stereocenters. The zero-order valence-corrected chi connectivity index (χ0v) is 10.5. The van der Waals surface area contributed by atoms with Crippen molar-refractivity contribution in [1.29, 1.82) is 0 Å². The third-order valence-electron chi connectivity index (χ3n) is 2.45. The van der Waals surface area contributed by atoms with Crippen LogP contribution in [-0.4, -0.2) is 36.6 Å². The Balaban J connectivity index is 2.10. The molecule has 0 heterocycles. The average molecular weight is 268 g/mol. The Morgan fingerprint density at radius 1 is 1.16 bits per heavy atom. The number of amides is 1. The maximum absolute atomic E-state index is 12.6. The van der Waals surface area contributed by atoms with Crippen LogP contribution in [-0.2, 0) is 16.0 Å². The first kappa shape index (κ1) is 15.1. The second-order valence-electron chi connectivity index (χ2n) is 4.05. The van der Waals surface area contributed by atoms with Gasteiger partial charge in [-0.3, -0.25) is 9.59 Å². The molecule has 19 heavy (non-hydrogen) atoms. The molecule has 0 aliphatic rings. The predicted octanol–water partition coefficient (Wildman–Crippen LogP) is 0.549. The van der Waals surface area contributed by atoms with Crippen molar-refractivity contribution in [2.24, 2.45) is 0 Å². The van der Waals surface area contributed by atoms with E-state index in [1.54, 1.807) is 12.1 Å². The molecule has 0 saturated heterocycles. The van der Waals surface area contributed by atoms with E-state index in [4.69, 9.17) is 5.11 Å². The standard InChI is InChI=1S/C13H17FN2O3/c14-11-3-1-10(2-4-11)5-8-16-12(17)9-15-7-6-13(18)19/h1-4,15H,5-9H2,(H,16,17)(H,18,19). The first-order chi connectivity index (χ1) is 9.08. The highest BCUT2D eigenvalue weighted by atomic mass is 19.1. The summed E-state index contributed by atoms with van der Waals surface area (Å²) in [7, 11) is 0. The average Bonchev–Trinajstić information content (AvgIpc) is 2.37. The minimum atomic E-state index is -0.899. The summed E-state index contributed by atoms with van der Waals surface area (Å²) in [6, 6.07) is 6.11. The molecule has 1 rings (SSSR count). The summed E-state index contributed by atoms with van der Waals surface area (Å²) in [6.45, 7) is 0.822. The van der Waals surface area contributed by atoms with Gasteiger partial charge < -0.3 is 15.7 Å². The molecule has 0 fully saturated rings. The molecule has 0 aliphatic heterocycles. The molecular weight excluding hydrogens is 251 g/mol. The van der Waals surface area contributed by atoms with E-state index in [1.165, 1.54) is 12.1 Å². The molecule has 1 aromatic rings. The normalized spacial score (nSPS) is 10.2. The molecule has 0 aromatic heterocycles. The van der Waals surface area contributed by atoms with Gasteiger partial charge in [0.2, 0.25) is 5.91 Å². The van der Waals surface area contributed by atoms with Gasteiger partial charge >= 0.3 is 5.97 Å². The monoisotopic (exact) mass is 268 g/mol. The van der Waals surface area contributed by atoms with Gasteiger partial charge in [-0.2, -0.15) is 0 Å². The number of aliphatic carboxylic acids is 1. The third kappa shape index (κ3) is 7.15. The van der Waals surface area contributed by atoms with E-state index in [9.17, 15) is 14.0 Å². The van der Waals surface area contributed by atoms with Gasteiger partial charge in [0, 0.05) is 13.1 Å². The Morgan fingerprint density at radius 3 is 2.47 bits per heavy atom. The van der Waals surface area contributed by atoms with E-state index in [0.717, 1.165) is 5.56 Å². The summed E-state index contributed by atoms with van der Waals surface area (Å²) >= 11 is 0. The van der Waals surface area contributed by atoms with Crippen LogP contribution in [0.3, 0.4) is 0 Å². The Hall–Kier alpha value is -1.95. The number of halogens is 1. The summed E-state index contributed by atoms with van der Waals surface area (Å²) in [5.41, 5.74) is 0.945. The zero-order chi connectivity index (χ0) is 14.1. The largest absolute Gasteiger partial charge is 0.481 e. The minimum Gasteiger partial charge on any atom is -0.481 e. The van der Waals surface area contributed by atoms with E-state index in [2.05, 4.69) is 10.6 Å². The van der Waals surface area contributed by atoms with Crippen LogP contribution < -0.4 is 10.6 Å². The van der Waals surface area contributed by atoms with Crippen molar-refractivity contribution < 1.29 is 19.1 Å². The number of carbonyl (C=O) groups excluding carboxylic acids is 1. The van der Waals surface area contributed by atoms with Gasteiger partial charge in [-0.05, 0) is 24.1 Å². The van der Waals surface area contributed by atoms with E-state index >= 15 is 0 Å². The molecule has 0 aliphatic carbocycles. The third-order valence-corrected chi connectivity index (χ3v) is 2.45. The van der Waals surface area contributed by atoms with Crippen molar-refractivity contribution in [2.45, 2.75) is 12.8 Å². The lowest BCUT2D eigenvalue weighted by Crippen LogP contribution is -2.35. The first-order valence-electron chi connectivity index (χ1n) is 6.01. The number of hydrogen-bond donors (Lipinski definition) is 3. The molecule has 3 N–H and O–H groups in total. The van der Waals surface area contributed by atoms with Gasteiger partial charge in [0.1, 0.15) is 5.82 Å². The van der Waals surface area contributed by atoms with Gasteiger partial charge in [-0.15, -0.1) is 0 Å². The van der Waals surface area contributed by atoms with Crippen LogP contribution >= 0.6 is 0 Å². The fourth-order valence-corrected chi connectivity index (χ4v) is 1.46. The molecule has 0 bridgehead atoms. The van der Waals surface area contributed by atoms with Gasteiger partial charge in [0.05, 0.1) is 13.0 Å². The van der Waals surface area contributed by atoms with Gasteiger partial charge in [0.25, 0.3) is 0 Å². The second-order valence-corrected chi connectivity index (χ2v) is 4.05. The maximum Gasteiger partial charge on any atom is 0.304 e. The summed E-state index contributed by atoms with van der Waals surface area (Å²) in [4.78, 5) is 21.6. The number of carbonyl (C=O) groups is 2. The molecular formula is C13H17FN2O3. The number of carboxylic acid groups (broad SMARTS) is 1. The van der Waals surface area contributed by atoms with E-state index in [0.29, 0.717) is 13.0 Å². The fourth-order valence-electron chi connectivity index (χ4n) is 1.46. The molecule has 104 valence electrons. The van der Waals surface area contributed by atoms with Crippen molar-refractivity contribution in [3.05, 3.63) is 35.6 Å². The molecule has 5 nitrogen and oxygen atoms in total. The Kier molecular flexibility index (Phi) is 6.52. The van der Waals surface area contributed by atoms with Gasteiger partial charge in [-0.25, -0.2) is 4.39 Å². The Labute approximate surface area is 110 Å². The van der Waals surface area contributed by atoms with E-state index in [-0.39, 0.29) is 31.2 Å². The molecule has 0 spiro atoms. The maximum atomic E-state index is 12.6. The lowest BCUT2D eigenvalue weighted by Gasteiger charge is -2.06. The highest BCUT2D eigenvalue weighted by Crippen LogP contribution is 2.02. The molecule has 6 heteroatoms. The number of rotatable bonds is 8. The first-order valence-corrected chi connectivity index (χ1v) is 6.01. The molecule has 0 saturated carbocycles. The van der Waals surface area contributed by atoms with Crippen LogP contribution in [0.15, 0.2) is 24.3 Å². The van der Waals surface area contributed by atoms with Crippen molar-refractivity contribution in [3.63, 3.8) is 0 Å². The van der Waals surface area contributed by atoms with E-state index in [1.807, 2.05) is 0 Å². The van der Waals surface area contributed by atoms with Crippen molar-refractivity contribution in [2.75, 3.05) is 19.6 Å². The number of hydrogen-bond acceptors (Lipinski definition) is 3. The number of carboxylic acids is 1.